The molecule has 0 fully saturated rings. The van der Waals surface area contributed by atoms with Gasteiger partial charge in [-0.05, 0) is 36.2 Å². The third kappa shape index (κ3) is 2.77. The fourth-order valence-electron chi connectivity index (χ4n) is 2.32. The van der Waals surface area contributed by atoms with E-state index in [4.69, 9.17) is 6.42 Å². The maximum atomic E-state index is 5.41. The summed E-state index contributed by atoms with van der Waals surface area (Å²) < 4.78 is 0. The first-order chi connectivity index (χ1) is 9.35. The second-order valence-electron chi connectivity index (χ2n) is 4.66. The van der Waals surface area contributed by atoms with Gasteiger partial charge in [0.25, 0.3) is 0 Å². The highest BCUT2D eigenvalue weighted by atomic mass is 32.2. The van der Waals surface area contributed by atoms with E-state index in [9.17, 15) is 0 Å². The van der Waals surface area contributed by atoms with Crippen LogP contribution >= 0.6 is 11.8 Å². The average molecular weight is 265 g/mol. The number of fused-ring (bicyclic) bond motifs is 1. The average Bonchev–Trinajstić information content (AvgIpc) is 2.88. The van der Waals surface area contributed by atoms with Crippen LogP contribution in [0.3, 0.4) is 0 Å². The molecule has 2 aromatic rings. The molecule has 0 saturated carbocycles. The molecule has 3 rings (SSSR count). The van der Waals surface area contributed by atoms with Gasteiger partial charge in [-0.15, -0.1) is 18.2 Å². The molecule has 2 heteroatoms. The Kier molecular flexibility index (Phi) is 3.48. The van der Waals surface area contributed by atoms with Gasteiger partial charge in [0.2, 0.25) is 0 Å². The molecule has 1 N–H and O–H groups in total. The molecule has 0 aromatic heterocycles. The van der Waals surface area contributed by atoms with E-state index in [0.29, 0.717) is 5.25 Å². The van der Waals surface area contributed by atoms with Crippen molar-refractivity contribution in [2.24, 2.45) is 0 Å². The Balaban J connectivity index is 1.61. The van der Waals surface area contributed by atoms with Crippen molar-refractivity contribution in [3.8, 4) is 12.3 Å². The molecule has 1 nitrogen and oxygen atoms in total. The van der Waals surface area contributed by atoms with Gasteiger partial charge in [-0.3, -0.25) is 0 Å². The van der Waals surface area contributed by atoms with Crippen LogP contribution in [0.4, 0.5) is 5.69 Å². The highest BCUT2D eigenvalue weighted by Gasteiger charge is 2.21. The summed E-state index contributed by atoms with van der Waals surface area (Å²) in [6.45, 7) is 0.966. The first-order valence-corrected chi connectivity index (χ1v) is 7.28. The SMILES string of the molecule is C#Cc1cccc(NCC2Cc3ccccc3S2)c1. The summed E-state index contributed by atoms with van der Waals surface area (Å²) >= 11 is 1.96. The van der Waals surface area contributed by atoms with Gasteiger partial charge in [0.1, 0.15) is 0 Å². The minimum atomic E-state index is 0.604. The van der Waals surface area contributed by atoms with Gasteiger partial charge in [0.05, 0.1) is 0 Å². The first kappa shape index (κ1) is 12.2. The minimum absolute atomic E-state index is 0.604. The second-order valence-corrected chi connectivity index (χ2v) is 6.00. The van der Waals surface area contributed by atoms with Crippen molar-refractivity contribution in [1.29, 1.82) is 0 Å². The van der Waals surface area contributed by atoms with Crippen molar-refractivity contribution >= 4 is 17.4 Å². The Bertz CT molecular complexity index is 602. The maximum absolute atomic E-state index is 5.41. The lowest BCUT2D eigenvalue weighted by Gasteiger charge is -2.11. The molecular weight excluding hydrogens is 250 g/mol. The van der Waals surface area contributed by atoms with Crippen LogP contribution in [-0.2, 0) is 6.42 Å². The fraction of sp³-hybridized carbons (Fsp3) is 0.176. The number of hydrogen-bond donors (Lipinski definition) is 1. The van der Waals surface area contributed by atoms with Crippen molar-refractivity contribution in [1.82, 2.24) is 0 Å². The first-order valence-electron chi connectivity index (χ1n) is 6.40. The number of benzene rings is 2. The molecule has 1 aliphatic heterocycles. The summed E-state index contributed by atoms with van der Waals surface area (Å²) in [6, 6.07) is 16.7. The van der Waals surface area contributed by atoms with Gasteiger partial charge in [0, 0.05) is 27.9 Å². The molecule has 1 heterocycles. The van der Waals surface area contributed by atoms with Crippen LogP contribution in [0.5, 0.6) is 0 Å². The molecule has 2 aromatic carbocycles. The molecule has 0 aliphatic carbocycles. The summed E-state index contributed by atoms with van der Waals surface area (Å²) in [5.41, 5.74) is 3.50. The molecular formula is C17H15NS. The van der Waals surface area contributed by atoms with Crippen LogP contribution in [0.2, 0.25) is 0 Å². The molecule has 0 radical (unpaired) electrons. The summed E-state index contributed by atoms with van der Waals surface area (Å²) in [6.07, 6.45) is 6.55. The van der Waals surface area contributed by atoms with Crippen LogP contribution in [0.1, 0.15) is 11.1 Å². The summed E-state index contributed by atoms with van der Waals surface area (Å²) in [4.78, 5) is 1.42. The lowest BCUT2D eigenvalue weighted by Crippen LogP contribution is -2.15. The van der Waals surface area contributed by atoms with Gasteiger partial charge in [-0.25, -0.2) is 0 Å². The highest BCUT2D eigenvalue weighted by molar-refractivity contribution is 8.00. The van der Waals surface area contributed by atoms with Crippen LogP contribution in [-0.4, -0.2) is 11.8 Å². The Labute approximate surface area is 118 Å². The van der Waals surface area contributed by atoms with Crippen LogP contribution in [0.15, 0.2) is 53.4 Å². The minimum Gasteiger partial charge on any atom is -0.384 e. The Morgan fingerprint density at radius 1 is 1.21 bits per heavy atom. The van der Waals surface area contributed by atoms with Gasteiger partial charge < -0.3 is 5.32 Å². The third-order valence-electron chi connectivity index (χ3n) is 3.28. The van der Waals surface area contributed by atoms with E-state index < -0.39 is 0 Å². The van der Waals surface area contributed by atoms with Gasteiger partial charge in [-0.2, -0.15) is 0 Å². The smallest absolute Gasteiger partial charge is 0.0353 e. The molecule has 19 heavy (non-hydrogen) atoms. The second kappa shape index (κ2) is 5.42. The Morgan fingerprint density at radius 2 is 2.11 bits per heavy atom. The number of terminal acetylenes is 1. The number of rotatable bonds is 3. The monoisotopic (exact) mass is 265 g/mol. The predicted molar refractivity (Wildman–Crippen MR) is 82.7 cm³/mol. The molecule has 1 atom stereocenters. The molecule has 0 bridgehead atoms. The van der Waals surface area contributed by atoms with Gasteiger partial charge >= 0.3 is 0 Å². The lowest BCUT2D eigenvalue weighted by molar-refractivity contribution is 0.899. The van der Waals surface area contributed by atoms with Crippen LogP contribution < -0.4 is 5.32 Å². The zero-order valence-corrected chi connectivity index (χ0v) is 11.4. The van der Waals surface area contributed by atoms with Crippen LogP contribution in [0.25, 0.3) is 0 Å². The number of anilines is 1. The van der Waals surface area contributed by atoms with E-state index in [0.717, 1.165) is 24.2 Å². The largest absolute Gasteiger partial charge is 0.384 e. The van der Waals surface area contributed by atoms with Crippen molar-refractivity contribution in [3.05, 3.63) is 59.7 Å². The fourth-order valence-corrected chi connectivity index (χ4v) is 3.57. The van der Waals surface area contributed by atoms with E-state index in [1.807, 2.05) is 30.0 Å². The number of hydrogen-bond acceptors (Lipinski definition) is 2. The van der Waals surface area contributed by atoms with E-state index in [1.54, 1.807) is 0 Å². The highest BCUT2D eigenvalue weighted by Crippen LogP contribution is 2.36. The maximum Gasteiger partial charge on any atom is 0.0353 e. The van der Waals surface area contributed by atoms with E-state index in [-0.39, 0.29) is 0 Å². The molecule has 94 valence electrons. The number of thioether (sulfide) groups is 1. The van der Waals surface area contributed by atoms with Crippen molar-refractivity contribution in [3.63, 3.8) is 0 Å². The van der Waals surface area contributed by atoms with Crippen molar-refractivity contribution in [2.75, 3.05) is 11.9 Å². The summed E-state index contributed by atoms with van der Waals surface area (Å²) in [7, 11) is 0. The quantitative estimate of drug-likeness (QED) is 0.847. The van der Waals surface area contributed by atoms with Crippen LogP contribution in [0, 0.1) is 12.3 Å². The normalized spacial score (nSPS) is 16.7. The third-order valence-corrected chi connectivity index (χ3v) is 4.60. The van der Waals surface area contributed by atoms with Gasteiger partial charge in [-0.1, -0.05) is 30.2 Å². The Morgan fingerprint density at radius 3 is 2.95 bits per heavy atom. The molecule has 0 amide bonds. The zero-order chi connectivity index (χ0) is 13.1. The zero-order valence-electron chi connectivity index (χ0n) is 10.6. The Hall–Kier alpha value is -1.85. The molecule has 0 spiro atoms. The lowest BCUT2D eigenvalue weighted by atomic mass is 10.1. The van der Waals surface area contributed by atoms with Crippen molar-refractivity contribution in [2.45, 2.75) is 16.6 Å². The van der Waals surface area contributed by atoms with Gasteiger partial charge in [0.15, 0.2) is 0 Å². The number of nitrogens with one attached hydrogen (secondary N) is 1. The summed E-state index contributed by atoms with van der Waals surface area (Å²) in [5, 5.41) is 4.08. The van der Waals surface area contributed by atoms with E-state index in [2.05, 4.69) is 41.6 Å². The summed E-state index contributed by atoms with van der Waals surface area (Å²) in [5.74, 6) is 2.66. The standard InChI is InChI=1S/C17H15NS/c1-2-13-6-5-8-15(10-13)18-12-16-11-14-7-3-4-9-17(14)19-16/h1,3-10,16,18H,11-12H2. The van der Waals surface area contributed by atoms with E-state index >= 15 is 0 Å². The topological polar surface area (TPSA) is 12.0 Å². The molecule has 1 aliphatic rings. The molecule has 1 unspecified atom stereocenters. The van der Waals surface area contributed by atoms with Crippen molar-refractivity contribution < 1.29 is 0 Å². The van der Waals surface area contributed by atoms with E-state index in [1.165, 1.54) is 10.5 Å². The predicted octanol–water partition coefficient (Wildman–Crippen LogP) is 3.80. The molecule has 0 saturated heterocycles.